The van der Waals surface area contributed by atoms with E-state index >= 15 is 0 Å². The van der Waals surface area contributed by atoms with Crippen LogP contribution in [0, 0.1) is 6.92 Å². The number of fused-ring (bicyclic) bond motifs is 1. The lowest BCUT2D eigenvalue weighted by atomic mass is 10.1. The first-order valence-electron chi connectivity index (χ1n) is 4.62. The van der Waals surface area contributed by atoms with Crippen LogP contribution in [0.15, 0.2) is 6.33 Å². The SMILES string of the molecule is CCCc1sc2ncnc(Cl)c2c1C. The smallest absolute Gasteiger partial charge is 0.141 e. The number of thiophene rings is 1. The maximum atomic E-state index is 6.03. The van der Waals surface area contributed by atoms with Crippen LogP contribution in [0.4, 0.5) is 0 Å². The third-order valence-electron chi connectivity index (χ3n) is 2.26. The van der Waals surface area contributed by atoms with Gasteiger partial charge >= 0.3 is 0 Å². The van der Waals surface area contributed by atoms with Gasteiger partial charge in [0.25, 0.3) is 0 Å². The highest BCUT2D eigenvalue weighted by molar-refractivity contribution is 7.18. The molecule has 0 atom stereocenters. The number of aromatic nitrogens is 2. The zero-order valence-electron chi connectivity index (χ0n) is 8.17. The third-order valence-corrected chi connectivity index (χ3v) is 3.80. The molecule has 0 aliphatic heterocycles. The van der Waals surface area contributed by atoms with Gasteiger partial charge in [-0.3, -0.25) is 0 Å². The van der Waals surface area contributed by atoms with Crippen LogP contribution in [0.2, 0.25) is 5.15 Å². The van der Waals surface area contributed by atoms with Crippen molar-refractivity contribution in [1.29, 1.82) is 0 Å². The van der Waals surface area contributed by atoms with Crippen molar-refractivity contribution in [2.45, 2.75) is 26.7 Å². The van der Waals surface area contributed by atoms with Crippen molar-refractivity contribution in [2.24, 2.45) is 0 Å². The van der Waals surface area contributed by atoms with Gasteiger partial charge in [-0.1, -0.05) is 24.9 Å². The molecule has 74 valence electrons. The number of hydrogen-bond donors (Lipinski definition) is 0. The minimum absolute atomic E-state index is 0.575. The molecule has 2 aromatic heterocycles. The van der Waals surface area contributed by atoms with Gasteiger partial charge in [0.2, 0.25) is 0 Å². The summed E-state index contributed by atoms with van der Waals surface area (Å²) in [5, 5.41) is 1.61. The maximum Gasteiger partial charge on any atom is 0.141 e. The minimum atomic E-state index is 0.575. The summed E-state index contributed by atoms with van der Waals surface area (Å²) in [6, 6.07) is 0. The van der Waals surface area contributed by atoms with Crippen molar-refractivity contribution in [3.05, 3.63) is 21.9 Å². The molecule has 0 fully saturated rings. The molecule has 2 heterocycles. The highest BCUT2D eigenvalue weighted by atomic mass is 35.5. The molecule has 0 spiro atoms. The normalized spacial score (nSPS) is 11.1. The molecule has 14 heavy (non-hydrogen) atoms. The van der Waals surface area contributed by atoms with E-state index in [4.69, 9.17) is 11.6 Å². The van der Waals surface area contributed by atoms with Gasteiger partial charge in [0.1, 0.15) is 16.3 Å². The van der Waals surface area contributed by atoms with E-state index in [-0.39, 0.29) is 0 Å². The van der Waals surface area contributed by atoms with Crippen LogP contribution in [0.3, 0.4) is 0 Å². The lowest BCUT2D eigenvalue weighted by molar-refractivity contribution is 0.934. The average Bonchev–Trinajstić information content (AvgIpc) is 2.46. The van der Waals surface area contributed by atoms with Crippen molar-refractivity contribution in [1.82, 2.24) is 9.97 Å². The van der Waals surface area contributed by atoms with Crippen molar-refractivity contribution in [3.63, 3.8) is 0 Å². The molecule has 2 rings (SSSR count). The molecule has 0 radical (unpaired) electrons. The Morgan fingerprint density at radius 3 is 2.86 bits per heavy atom. The van der Waals surface area contributed by atoms with Crippen LogP contribution in [0.1, 0.15) is 23.8 Å². The second-order valence-corrected chi connectivity index (χ2v) is 4.69. The number of halogens is 1. The largest absolute Gasteiger partial charge is 0.225 e. The monoisotopic (exact) mass is 226 g/mol. The van der Waals surface area contributed by atoms with Gasteiger partial charge < -0.3 is 0 Å². The van der Waals surface area contributed by atoms with Gasteiger partial charge in [0.15, 0.2) is 0 Å². The Labute approximate surface area is 92.0 Å². The Morgan fingerprint density at radius 2 is 2.21 bits per heavy atom. The molecule has 2 aromatic rings. The summed E-state index contributed by atoms with van der Waals surface area (Å²) < 4.78 is 0. The van der Waals surface area contributed by atoms with Gasteiger partial charge in [0, 0.05) is 4.88 Å². The molecule has 4 heteroatoms. The number of aryl methyl sites for hydroxylation is 2. The van der Waals surface area contributed by atoms with E-state index in [1.54, 1.807) is 11.3 Å². The predicted molar refractivity (Wildman–Crippen MR) is 61.2 cm³/mol. The molecule has 0 unspecified atom stereocenters. The average molecular weight is 227 g/mol. The highest BCUT2D eigenvalue weighted by Gasteiger charge is 2.11. The fraction of sp³-hybridized carbons (Fsp3) is 0.400. The van der Waals surface area contributed by atoms with Gasteiger partial charge in [0.05, 0.1) is 5.39 Å². The molecule has 0 bridgehead atoms. The molecule has 0 aliphatic carbocycles. The van der Waals surface area contributed by atoms with E-state index in [9.17, 15) is 0 Å². The molecular weight excluding hydrogens is 216 g/mol. The number of nitrogens with zero attached hydrogens (tertiary/aromatic N) is 2. The Hall–Kier alpha value is -0.670. The van der Waals surface area contributed by atoms with Crippen LogP contribution in [-0.4, -0.2) is 9.97 Å². The first-order valence-corrected chi connectivity index (χ1v) is 5.82. The fourth-order valence-electron chi connectivity index (χ4n) is 1.54. The van der Waals surface area contributed by atoms with Crippen molar-refractivity contribution in [3.8, 4) is 0 Å². The highest BCUT2D eigenvalue weighted by Crippen LogP contribution is 2.33. The molecular formula is C10H11ClN2S. The summed E-state index contributed by atoms with van der Waals surface area (Å²) in [5.74, 6) is 0. The van der Waals surface area contributed by atoms with Gasteiger partial charge in [-0.05, 0) is 18.9 Å². The second-order valence-electron chi connectivity index (χ2n) is 3.24. The quantitative estimate of drug-likeness (QED) is 0.732. The first-order chi connectivity index (χ1) is 6.74. The molecule has 0 N–H and O–H groups in total. The van der Waals surface area contributed by atoms with Crippen LogP contribution < -0.4 is 0 Å². The Balaban J connectivity index is 2.68. The predicted octanol–water partition coefficient (Wildman–Crippen LogP) is 3.61. The summed E-state index contributed by atoms with van der Waals surface area (Å²) in [5.41, 5.74) is 1.25. The fourth-order valence-corrected chi connectivity index (χ4v) is 3.12. The van der Waals surface area contributed by atoms with Crippen molar-refractivity contribution < 1.29 is 0 Å². The Kier molecular flexibility index (Phi) is 2.70. The molecule has 0 aliphatic rings. The summed E-state index contributed by atoms with van der Waals surface area (Å²) in [6.45, 7) is 4.27. The van der Waals surface area contributed by atoms with Gasteiger partial charge in [-0.2, -0.15) is 0 Å². The summed E-state index contributed by atoms with van der Waals surface area (Å²) >= 11 is 7.76. The lowest BCUT2D eigenvalue weighted by Crippen LogP contribution is -1.82. The van der Waals surface area contributed by atoms with E-state index in [2.05, 4.69) is 23.8 Å². The van der Waals surface area contributed by atoms with Crippen LogP contribution in [0.5, 0.6) is 0 Å². The van der Waals surface area contributed by atoms with Crippen LogP contribution in [0.25, 0.3) is 10.2 Å². The third kappa shape index (κ3) is 1.51. The molecule has 0 amide bonds. The summed E-state index contributed by atoms with van der Waals surface area (Å²) in [7, 11) is 0. The standard InChI is InChI=1S/C10H11ClN2S/c1-3-4-7-6(2)8-9(11)12-5-13-10(8)14-7/h5H,3-4H2,1-2H3. The lowest BCUT2D eigenvalue weighted by Gasteiger charge is -1.95. The van der Waals surface area contributed by atoms with Crippen LogP contribution >= 0.6 is 22.9 Å². The Bertz CT molecular complexity index is 464. The number of rotatable bonds is 2. The minimum Gasteiger partial charge on any atom is -0.225 e. The van der Waals surface area contributed by atoms with Crippen molar-refractivity contribution >= 4 is 33.2 Å². The maximum absolute atomic E-state index is 6.03. The molecule has 0 saturated heterocycles. The molecule has 2 nitrogen and oxygen atoms in total. The zero-order valence-corrected chi connectivity index (χ0v) is 9.74. The summed E-state index contributed by atoms with van der Waals surface area (Å²) in [4.78, 5) is 10.6. The van der Waals surface area contributed by atoms with Crippen molar-refractivity contribution in [2.75, 3.05) is 0 Å². The van der Waals surface area contributed by atoms with E-state index in [1.165, 1.54) is 16.8 Å². The summed E-state index contributed by atoms with van der Waals surface area (Å²) in [6.07, 6.45) is 3.78. The van der Waals surface area contributed by atoms with E-state index in [1.807, 2.05) is 0 Å². The first kappa shape index (κ1) is 9.87. The topological polar surface area (TPSA) is 25.8 Å². The second kappa shape index (κ2) is 3.83. The molecule has 0 saturated carbocycles. The Morgan fingerprint density at radius 1 is 1.43 bits per heavy atom. The molecule has 0 aromatic carbocycles. The van der Waals surface area contributed by atoms with E-state index in [0.717, 1.165) is 23.1 Å². The van der Waals surface area contributed by atoms with E-state index in [0.29, 0.717) is 5.15 Å². The zero-order chi connectivity index (χ0) is 10.1. The van der Waals surface area contributed by atoms with Gasteiger partial charge in [-0.25, -0.2) is 9.97 Å². The van der Waals surface area contributed by atoms with Gasteiger partial charge in [-0.15, -0.1) is 11.3 Å². The number of hydrogen-bond acceptors (Lipinski definition) is 3. The van der Waals surface area contributed by atoms with E-state index < -0.39 is 0 Å². The van der Waals surface area contributed by atoms with Crippen LogP contribution in [-0.2, 0) is 6.42 Å².